The van der Waals surface area contributed by atoms with Gasteiger partial charge in [0.25, 0.3) is 11.8 Å². The van der Waals surface area contributed by atoms with Gasteiger partial charge in [-0.15, -0.1) is 11.3 Å². The van der Waals surface area contributed by atoms with Crippen LogP contribution in [-0.2, 0) is 11.3 Å². The molecule has 1 fully saturated rings. The standard InChI is InChI=1S/C25H25ClN6O3S/c1-31(19-7-5-18(26)6-8-19)30-24(34)21-14-20-22(28-29-25(20)36-21)27-23(33)17-4-2-3-16(13-17)15-32-9-11-35-12-10-32/h2-8,13-14H,9-12,15H2,1H3,(H,30,34)(H2,27,28,29,33). The Kier molecular flexibility index (Phi) is 7.19. The van der Waals surface area contributed by atoms with Crippen LogP contribution in [0.4, 0.5) is 11.5 Å². The first-order valence-corrected chi connectivity index (χ1v) is 12.6. The lowest BCUT2D eigenvalue weighted by atomic mass is 10.1. The number of fused-ring (bicyclic) bond motifs is 1. The lowest BCUT2D eigenvalue weighted by Crippen LogP contribution is -2.38. The highest BCUT2D eigenvalue weighted by molar-refractivity contribution is 7.20. The number of aromatic nitrogens is 2. The summed E-state index contributed by atoms with van der Waals surface area (Å²) in [5.74, 6) is -0.0671. The van der Waals surface area contributed by atoms with Crippen molar-refractivity contribution in [1.82, 2.24) is 20.5 Å². The highest BCUT2D eigenvalue weighted by Crippen LogP contribution is 2.30. The molecule has 3 heterocycles. The number of nitrogens with zero attached hydrogens (tertiary/aromatic N) is 3. The van der Waals surface area contributed by atoms with Crippen LogP contribution in [0.1, 0.15) is 25.6 Å². The second-order valence-corrected chi connectivity index (χ2v) is 9.91. The third-order valence-electron chi connectivity index (χ3n) is 5.90. The molecule has 0 unspecified atom stereocenters. The fourth-order valence-electron chi connectivity index (χ4n) is 3.97. The third kappa shape index (κ3) is 5.52. The summed E-state index contributed by atoms with van der Waals surface area (Å²) in [5, 5.41) is 12.9. The summed E-state index contributed by atoms with van der Waals surface area (Å²) in [6.07, 6.45) is 0. The number of halogens is 1. The third-order valence-corrected chi connectivity index (χ3v) is 7.18. The van der Waals surface area contributed by atoms with Gasteiger partial charge < -0.3 is 10.1 Å². The topological polar surface area (TPSA) is 103 Å². The van der Waals surface area contributed by atoms with Crippen LogP contribution < -0.4 is 15.8 Å². The summed E-state index contributed by atoms with van der Waals surface area (Å²) in [6.45, 7) is 3.99. The summed E-state index contributed by atoms with van der Waals surface area (Å²) in [4.78, 5) is 29.2. The Bertz CT molecular complexity index is 1380. The minimum atomic E-state index is -0.274. The zero-order valence-corrected chi connectivity index (χ0v) is 21.2. The van der Waals surface area contributed by atoms with E-state index in [0.717, 1.165) is 44.1 Å². The van der Waals surface area contributed by atoms with E-state index in [0.29, 0.717) is 31.5 Å². The Morgan fingerprint density at radius 1 is 1.14 bits per heavy atom. The second kappa shape index (κ2) is 10.7. The van der Waals surface area contributed by atoms with E-state index < -0.39 is 0 Å². The fourth-order valence-corrected chi connectivity index (χ4v) is 4.98. The number of carbonyl (C=O) groups is 2. The average molecular weight is 525 g/mol. The van der Waals surface area contributed by atoms with Crippen molar-refractivity contribution in [3.05, 3.63) is 75.6 Å². The molecule has 4 aromatic rings. The predicted octanol–water partition coefficient (Wildman–Crippen LogP) is 4.14. The molecule has 36 heavy (non-hydrogen) atoms. The molecule has 3 N–H and O–H groups in total. The van der Waals surface area contributed by atoms with E-state index in [1.165, 1.54) is 11.3 Å². The second-order valence-electron chi connectivity index (χ2n) is 8.45. The number of hydrogen-bond acceptors (Lipinski definition) is 7. The average Bonchev–Trinajstić information content (AvgIpc) is 3.47. The number of morpholine rings is 1. The van der Waals surface area contributed by atoms with Gasteiger partial charge >= 0.3 is 0 Å². The van der Waals surface area contributed by atoms with Crippen LogP contribution >= 0.6 is 22.9 Å². The van der Waals surface area contributed by atoms with Gasteiger partial charge in [0, 0.05) is 37.3 Å². The summed E-state index contributed by atoms with van der Waals surface area (Å²) < 4.78 is 5.41. The smallest absolute Gasteiger partial charge is 0.279 e. The number of anilines is 2. The summed E-state index contributed by atoms with van der Waals surface area (Å²) in [7, 11) is 1.75. The molecule has 186 valence electrons. The van der Waals surface area contributed by atoms with Crippen molar-refractivity contribution in [2.24, 2.45) is 0 Å². The van der Waals surface area contributed by atoms with Crippen molar-refractivity contribution in [3.8, 4) is 0 Å². The van der Waals surface area contributed by atoms with E-state index in [2.05, 4.69) is 25.8 Å². The van der Waals surface area contributed by atoms with Crippen LogP contribution in [0.3, 0.4) is 0 Å². The van der Waals surface area contributed by atoms with Gasteiger partial charge in [-0.05, 0) is 48.0 Å². The summed E-state index contributed by atoms with van der Waals surface area (Å²) in [6, 6.07) is 16.4. The van der Waals surface area contributed by atoms with Crippen molar-refractivity contribution >= 4 is 56.5 Å². The number of carbonyl (C=O) groups excluding carboxylic acids is 2. The van der Waals surface area contributed by atoms with Crippen LogP contribution in [0, 0.1) is 0 Å². The Balaban J connectivity index is 1.26. The molecule has 1 aliphatic rings. The number of thiophene rings is 1. The van der Waals surface area contributed by atoms with Crippen LogP contribution in [0.5, 0.6) is 0 Å². The molecule has 1 saturated heterocycles. The van der Waals surface area contributed by atoms with Gasteiger partial charge in [-0.3, -0.25) is 30.0 Å². The van der Waals surface area contributed by atoms with E-state index in [4.69, 9.17) is 16.3 Å². The van der Waals surface area contributed by atoms with Gasteiger partial charge in [-0.2, -0.15) is 5.10 Å². The predicted molar refractivity (Wildman–Crippen MR) is 142 cm³/mol. The number of amides is 2. The normalized spacial score (nSPS) is 14.1. The van der Waals surface area contributed by atoms with Gasteiger partial charge in [0.2, 0.25) is 0 Å². The zero-order chi connectivity index (χ0) is 25.1. The number of nitrogens with one attached hydrogen (secondary N) is 3. The van der Waals surface area contributed by atoms with Gasteiger partial charge in [0.05, 0.1) is 29.2 Å². The van der Waals surface area contributed by atoms with Crippen LogP contribution in [-0.4, -0.2) is 60.3 Å². The Hall–Kier alpha value is -3.44. The van der Waals surface area contributed by atoms with Crippen molar-refractivity contribution in [2.45, 2.75) is 6.54 Å². The Morgan fingerprint density at radius 3 is 2.69 bits per heavy atom. The zero-order valence-electron chi connectivity index (χ0n) is 19.6. The molecule has 0 aliphatic carbocycles. The van der Waals surface area contributed by atoms with Crippen molar-refractivity contribution < 1.29 is 14.3 Å². The number of hydrazine groups is 1. The first-order valence-electron chi connectivity index (χ1n) is 11.4. The van der Waals surface area contributed by atoms with E-state index in [1.807, 2.05) is 30.3 Å². The molecular weight excluding hydrogens is 500 g/mol. The molecule has 2 amide bonds. The first-order chi connectivity index (χ1) is 17.5. The maximum atomic E-state index is 13.0. The molecule has 2 aromatic heterocycles. The molecule has 11 heteroatoms. The monoisotopic (exact) mass is 524 g/mol. The number of H-pyrrole nitrogens is 1. The summed E-state index contributed by atoms with van der Waals surface area (Å²) in [5.41, 5.74) is 5.25. The van der Waals surface area contributed by atoms with Crippen molar-refractivity contribution in [1.29, 1.82) is 0 Å². The molecule has 0 atom stereocenters. The minimum absolute atomic E-state index is 0.246. The van der Waals surface area contributed by atoms with E-state index in [-0.39, 0.29) is 11.8 Å². The SMILES string of the molecule is CN(NC(=O)c1cc2c(NC(=O)c3cccc(CN4CCOCC4)c3)[nH]nc2s1)c1ccc(Cl)cc1. The highest BCUT2D eigenvalue weighted by Gasteiger charge is 2.19. The van der Waals surface area contributed by atoms with Gasteiger partial charge in [0.1, 0.15) is 10.6 Å². The van der Waals surface area contributed by atoms with Gasteiger partial charge in [-0.25, -0.2) is 0 Å². The fraction of sp³-hybridized carbons (Fsp3) is 0.240. The molecule has 1 aliphatic heterocycles. The lowest BCUT2D eigenvalue weighted by Gasteiger charge is -2.26. The molecule has 0 spiro atoms. The number of ether oxygens (including phenoxy) is 1. The van der Waals surface area contributed by atoms with Gasteiger partial charge in [0.15, 0.2) is 0 Å². The van der Waals surface area contributed by atoms with Crippen LogP contribution in [0.25, 0.3) is 10.2 Å². The molecule has 0 bridgehead atoms. The maximum absolute atomic E-state index is 13.0. The minimum Gasteiger partial charge on any atom is -0.379 e. The van der Waals surface area contributed by atoms with E-state index in [9.17, 15) is 9.59 Å². The molecule has 0 saturated carbocycles. The molecule has 2 aromatic carbocycles. The number of rotatable bonds is 7. The first kappa shape index (κ1) is 24.3. The largest absolute Gasteiger partial charge is 0.379 e. The van der Waals surface area contributed by atoms with Crippen LogP contribution in [0.2, 0.25) is 5.02 Å². The number of aromatic amines is 1. The number of benzene rings is 2. The summed E-state index contributed by atoms with van der Waals surface area (Å²) >= 11 is 7.18. The lowest BCUT2D eigenvalue weighted by molar-refractivity contribution is 0.0342. The van der Waals surface area contributed by atoms with E-state index in [1.54, 1.807) is 36.3 Å². The Morgan fingerprint density at radius 2 is 1.92 bits per heavy atom. The van der Waals surface area contributed by atoms with Gasteiger partial charge in [-0.1, -0.05) is 23.7 Å². The highest BCUT2D eigenvalue weighted by atomic mass is 35.5. The molecule has 9 nitrogen and oxygen atoms in total. The quantitative estimate of drug-likeness (QED) is 0.314. The number of hydrogen-bond donors (Lipinski definition) is 3. The Labute approximate surface area is 217 Å². The van der Waals surface area contributed by atoms with Crippen LogP contribution in [0.15, 0.2) is 54.6 Å². The molecule has 0 radical (unpaired) electrons. The molecule has 5 rings (SSSR count). The van der Waals surface area contributed by atoms with Crippen molar-refractivity contribution in [3.63, 3.8) is 0 Å². The molecular formula is C25H25ClN6O3S. The maximum Gasteiger partial charge on any atom is 0.279 e. The van der Waals surface area contributed by atoms with E-state index >= 15 is 0 Å². The van der Waals surface area contributed by atoms with Crippen molar-refractivity contribution in [2.75, 3.05) is 43.7 Å².